The number of aromatic nitrogens is 2. The maximum absolute atomic E-state index is 13.1. The van der Waals surface area contributed by atoms with Crippen LogP contribution in [0.15, 0.2) is 36.4 Å². The van der Waals surface area contributed by atoms with Crippen LogP contribution in [0.2, 0.25) is 0 Å². The highest BCUT2D eigenvalue weighted by molar-refractivity contribution is 5.91. The van der Waals surface area contributed by atoms with E-state index >= 15 is 0 Å². The summed E-state index contributed by atoms with van der Waals surface area (Å²) in [6.07, 6.45) is 2.30. The lowest BCUT2D eigenvalue weighted by Crippen LogP contribution is -2.20. The van der Waals surface area contributed by atoms with Gasteiger partial charge in [-0.1, -0.05) is 25.5 Å². The summed E-state index contributed by atoms with van der Waals surface area (Å²) < 4.78 is 13.1. The average molecular weight is 316 g/mol. The van der Waals surface area contributed by atoms with Crippen LogP contribution < -0.4 is 10.2 Å². The summed E-state index contributed by atoms with van der Waals surface area (Å²) in [5.41, 5.74) is 0.617. The molecule has 0 atom stereocenters. The Kier molecular flexibility index (Phi) is 6.02. The lowest BCUT2D eigenvalue weighted by atomic mass is 10.1. The monoisotopic (exact) mass is 316 g/mol. The number of rotatable bonds is 7. The molecule has 0 fully saturated rings. The minimum atomic E-state index is -0.352. The van der Waals surface area contributed by atoms with Crippen LogP contribution in [0.5, 0.6) is 0 Å². The van der Waals surface area contributed by atoms with Crippen molar-refractivity contribution >= 4 is 17.5 Å². The molecule has 1 N–H and O–H groups in total. The largest absolute Gasteiger partial charge is 0.358 e. The molecule has 1 heterocycles. The van der Waals surface area contributed by atoms with Gasteiger partial charge in [0.15, 0.2) is 11.6 Å². The molecule has 0 aliphatic heterocycles. The van der Waals surface area contributed by atoms with E-state index in [1.807, 2.05) is 18.0 Å². The summed E-state index contributed by atoms with van der Waals surface area (Å²) >= 11 is 0. The number of anilines is 2. The van der Waals surface area contributed by atoms with Crippen LogP contribution in [-0.2, 0) is 11.2 Å². The number of hydrogen-bond acceptors (Lipinski definition) is 4. The van der Waals surface area contributed by atoms with Crippen molar-refractivity contribution in [3.05, 3.63) is 47.8 Å². The van der Waals surface area contributed by atoms with E-state index in [2.05, 4.69) is 22.4 Å². The molecule has 2 aromatic rings. The zero-order chi connectivity index (χ0) is 16.7. The molecule has 0 saturated heterocycles. The number of nitrogens with one attached hydrogen (secondary N) is 1. The van der Waals surface area contributed by atoms with Crippen molar-refractivity contribution in [1.29, 1.82) is 0 Å². The maximum Gasteiger partial charge on any atom is 0.229 e. The quantitative estimate of drug-likeness (QED) is 0.853. The third kappa shape index (κ3) is 5.32. The Labute approximate surface area is 135 Å². The molecule has 6 heteroatoms. The van der Waals surface area contributed by atoms with E-state index in [-0.39, 0.29) is 18.1 Å². The molecule has 0 spiro atoms. The van der Waals surface area contributed by atoms with Gasteiger partial charge in [-0.2, -0.15) is 0 Å². The van der Waals surface area contributed by atoms with Crippen LogP contribution in [-0.4, -0.2) is 29.7 Å². The third-order valence-electron chi connectivity index (χ3n) is 3.41. The van der Waals surface area contributed by atoms with Crippen molar-refractivity contribution in [2.75, 3.05) is 23.8 Å². The van der Waals surface area contributed by atoms with Gasteiger partial charge in [0.25, 0.3) is 0 Å². The van der Waals surface area contributed by atoms with Crippen LogP contribution in [0.4, 0.5) is 16.0 Å². The smallest absolute Gasteiger partial charge is 0.229 e. The molecule has 1 aromatic carbocycles. The molecule has 0 bridgehead atoms. The van der Waals surface area contributed by atoms with Crippen LogP contribution in [0.3, 0.4) is 0 Å². The number of carbonyl (C=O) groups is 1. The van der Waals surface area contributed by atoms with E-state index in [0.29, 0.717) is 11.4 Å². The summed E-state index contributed by atoms with van der Waals surface area (Å²) in [6, 6.07) is 9.52. The molecular formula is C17H21FN4O. The molecule has 5 nitrogen and oxygen atoms in total. The molecular weight excluding hydrogens is 295 g/mol. The van der Waals surface area contributed by atoms with E-state index in [1.165, 1.54) is 12.1 Å². The van der Waals surface area contributed by atoms with Crippen molar-refractivity contribution in [3.8, 4) is 0 Å². The summed E-state index contributed by atoms with van der Waals surface area (Å²) in [6.45, 7) is 3.05. The molecule has 122 valence electrons. The first-order chi connectivity index (χ1) is 11.1. The van der Waals surface area contributed by atoms with Gasteiger partial charge in [-0.15, -0.1) is 10.2 Å². The van der Waals surface area contributed by atoms with Crippen LogP contribution >= 0.6 is 0 Å². The Morgan fingerprint density at radius 3 is 2.74 bits per heavy atom. The summed E-state index contributed by atoms with van der Waals surface area (Å²) in [5, 5.41) is 10.8. The van der Waals surface area contributed by atoms with E-state index in [4.69, 9.17) is 0 Å². The van der Waals surface area contributed by atoms with Gasteiger partial charge in [-0.3, -0.25) is 4.79 Å². The van der Waals surface area contributed by atoms with E-state index in [0.717, 1.165) is 25.2 Å². The zero-order valence-electron chi connectivity index (χ0n) is 13.4. The van der Waals surface area contributed by atoms with E-state index < -0.39 is 0 Å². The molecule has 0 aliphatic carbocycles. The second-order valence-corrected chi connectivity index (χ2v) is 5.41. The van der Waals surface area contributed by atoms with E-state index in [9.17, 15) is 9.18 Å². The van der Waals surface area contributed by atoms with Crippen molar-refractivity contribution in [2.24, 2.45) is 0 Å². The summed E-state index contributed by atoms with van der Waals surface area (Å²) in [4.78, 5) is 14.0. The number of benzene rings is 1. The Bertz CT molecular complexity index is 645. The fraction of sp³-hybridized carbons (Fsp3) is 0.353. The summed E-state index contributed by atoms with van der Waals surface area (Å²) in [5.74, 6) is 0.548. The van der Waals surface area contributed by atoms with Crippen LogP contribution in [0, 0.1) is 5.82 Å². The number of halogens is 1. The van der Waals surface area contributed by atoms with Gasteiger partial charge in [0.05, 0.1) is 6.42 Å². The van der Waals surface area contributed by atoms with Gasteiger partial charge in [0, 0.05) is 13.6 Å². The van der Waals surface area contributed by atoms with Gasteiger partial charge in [0.2, 0.25) is 5.91 Å². The van der Waals surface area contributed by atoms with Gasteiger partial charge in [0.1, 0.15) is 5.82 Å². The van der Waals surface area contributed by atoms with Crippen molar-refractivity contribution < 1.29 is 9.18 Å². The molecule has 0 radical (unpaired) electrons. The lowest BCUT2D eigenvalue weighted by Gasteiger charge is -2.16. The van der Waals surface area contributed by atoms with Gasteiger partial charge >= 0.3 is 0 Å². The molecule has 23 heavy (non-hydrogen) atoms. The molecule has 1 aromatic heterocycles. The topological polar surface area (TPSA) is 58.1 Å². The minimum absolute atomic E-state index is 0.0948. The van der Waals surface area contributed by atoms with Crippen molar-refractivity contribution in [2.45, 2.75) is 26.2 Å². The van der Waals surface area contributed by atoms with Crippen molar-refractivity contribution in [3.63, 3.8) is 0 Å². The third-order valence-corrected chi connectivity index (χ3v) is 3.41. The molecule has 0 unspecified atom stereocenters. The predicted molar refractivity (Wildman–Crippen MR) is 88.9 cm³/mol. The first kappa shape index (κ1) is 16.9. The fourth-order valence-corrected chi connectivity index (χ4v) is 2.12. The number of nitrogens with zero attached hydrogens (tertiary/aromatic N) is 3. The molecule has 2 rings (SSSR count). The summed E-state index contributed by atoms with van der Waals surface area (Å²) in [7, 11) is 1.96. The molecule has 1 amide bonds. The van der Waals surface area contributed by atoms with Crippen LogP contribution in [0.25, 0.3) is 0 Å². The predicted octanol–water partition coefficient (Wildman–Crippen LogP) is 3.03. The SMILES string of the molecule is CCCCN(C)c1ccc(NC(=O)Cc2cccc(F)c2)nn1. The minimum Gasteiger partial charge on any atom is -0.358 e. The average Bonchev–Trinajstić information content (AvgIpc) is 2.53. The Balaban J connectivity index is 1.91. The van der Waals surface area contributed by atoms with Gasteiger partial charge in [-0.05, 0) is 36.2 Å². The fourth-order valence-electron chi connectivity index (χ4n) is 2.12. The molecule has 0 saturated carbocycles. The Morgan fingerprint density at radius 1 is 1.26 bits per heavy atom. The number of unbranched alkanes of at least 4 members (excludes halogenated alkanes) is 1. The molecule has 0 aliphatic rings. The highest BCUT2D eigenvalue weighted by Crippen LogP contribution is 2.11. The van der Waals surface area contributed by atoms with Gasteiger partial charge < -0.3 is 10.2 Å². The zero-order valence-corrected chi connectivity index (χ0v) is 13.4. The highest BCUT2D eigenvalue weighted by Gasteiger charge is 2.07. The lowest BCUT2D eigenvalue weighted by molar-refractivity contribution is -0.115. The first-order valence-corrected chi connectivity index (χ1v) is 7.67. The van der Waals surface area contributed by atoms with Gasteiger partial charge in [-0.25, -0.2) is 4.39 Å². The first-order valence-electron chi connectivity index (χ1n) is 7.67. The Hall–Kier alpha value is -2.50. The van der Waals surface area contributed by atoms with Crippen LogP contribution in [0.1, 0.15) is 25.3 Å². The Morgan fingerprint density at radius 2 is 2.09 bits per heavy atom. The highest BCUT2D eigenvalue weighted by atomic mass is 19.1. The standard InChI is InChI=1S/C17H21FN4O/c1-3-4-10-22(2)16-9-8-15(20-21-16)19-17(23)12-13-6-5-7-14(18)11-13/h5-9,11H,3-4,10,12H2,1-2H3,(H,19,20,23). The van der Waals surface area contributed by atoms with E-state index in [1.54, 1.807) is 18.2 Å². The maximum atomic E-state index is 13.1. The normalized spacial score (nSPS) is 10.4. The van der Waals surface area contributed by atoms with Crippen molar-refractivity contribution in [1.82, 2.24) is 10.2 Å². The second-order valence-electron chi connectivity index (χ2n) is 5.41. The number of amides is 1. The number of hydrogen-bond donors (Lipinski definition) is 1. The number of carbonyl (C=O) groups excluding carboxylic acids is 1. The second kappa shape index (κ2) is 8.22.